The first-order valence-electron chi connectivity index (χ1n) is 12.1. The average Bonchev–Trinajstić information content (AvgIpc) is 2.81. The van der Waals surface area contributed by atoms with Crippen LogP contribution in [0.4, 0.5) is 0 Å². The maximum Gasteiger partial charge on any atom is 0.247 e. The van der Waals surface area contributed by atoms with Crippen LogP contribution in [0.15, 0.2) is 47.6 Å². The highest BCUT2D eigenvalue weighted by Crippen LogP contribution is 2.34. The lowest BCUT2D eigenvalue weighted by atomic mass is 10.0. The highest BCUT2D eigenvalue weighted by Gasteiger charge is 2.38. The SMILES string of the molecule is CC(C)CC#Cc1ccc2c(c1)O[C@@H](CN(C)Cc1cccnc1)[C@@H](C)CN([C@H](C)CO)S2(=O)=O. The summed E-state index contributed by atoms with van der Waals surface area (Å²) >= 11 is 0. The standard InChI is InChI=1S/C27H37N3O4S/c1-20(2)8-6-9-23-11-12-27-25(14-23)34-26(18-29(5)17-24-10-7-13-28-15-24)21(3)16-30(22(4)19-31)35(27,32)33/h7,10-15,20-22,26,31H,8,16-19H2,1-5H3/t21-,22+,26-/m0/s1. The molecule has 0 unspecified atom stereocenters. The van der Waals surface area contributed by atoms with Gasteiger partial charge in [0.05, 0.1) is 6.61 Å². The van der Waals surface area contributed by atoms with Gasteiger partial charge in [0.15, 0.2) is 0 Å². The molecule has 7 nitrogen and oxygen atoms in total. The molecule has 0 radical (unpaired) electrons. The Morgan fingerprint density at radius 2 is 2.06 bits per heavy atom. The van der Waals surface area contributed by atoms with Gasteiger partial charge in [-0.25, -0.2) is 8.42 Å². The number of rotatable bonds is 7. The van der Waals surface area contributed by atoms with E-state index in [0.29, 0.717) is 24.8 Å². The van der Waals surface area contributed by atoms with Crippen LogP contribution in [0.25, 0.3) is 0 Å². The Labute approximate surface area is 210 Å². The molecule has 0 saturated carbocycles. The van der Waals surface area contributed by atoms with Gasteiger partial charge in [0, 0.05) is 56.0 Å². The molecule has 1 aliphatic rings. The van der Waals surface area contributed by atoms with Crippen LogP contribution in [0.1, 0.15) is 45.2 Å². The summed E-state index contributed by atoms with van der Waals surface area (Å²) in [4.78, 5) is 6.45. The van der Waals surface area contributed by atoms with Gasteiger partial charge in [-0.05, 0) is 49.7 Å². The first-order chi connectivity index (χ1) is 16.6. The number of pyridine rings is 1. The van der Waals surface area contributed by atoms with Crippen LogP contribution in [-0.2, 0) is 16.6 Å². The fourth-order valence-electron chi connectivity index (χ4n) is 4.05. The molecule has 0 fully saturated rings. The van der Waals surface area contributed by atoms with E-state index in [9.17, 15) is 13.5 Å². The summed E-state index contributed by atoms with van der Waals surface area (Å²) in [6.45, 7) is 9.22. The highest BCUT2D eigenvalue weighted by molar-refractivity contribution is 7.89. The molecule has 0 aliphatic carbocycles. The molecule has 0 bridgehead atoms. The van der Waals surface area contributed by atoms with Gasteiger partial charge in [0.1, 0.15) is 16.7 Å². The predicted molar refractivity (Wildman–Crippen MR) is 137 cm³/mol. The van der Waals surface area contributed by atoms with Crippen LogP contribution in [0.5, 0.6) is 5.75 Å². The Morgan fingerprint density at radius 1 is 1.29 bits per heavy atom. The van der Waals surface area contributed by atoms with Crippen molar-refractivity contribution in [2.45, 2.75) is 57.7 Å². The van der Waals surface area contributed by atoms with E-state index in [1.165, 1.54) is 4.31 Å². The minimum Gasteiger partial charge on any atom is -0.487 e. The Kier molecular flexibility index (Phi) is 9.31. The van der Waals surface area contributed by atoms with Gasteiger partial charge < -0.3 is 9.84 Å². The summed E-state index contributed by atoms with van der Waals surface area (Å²) in [6.07, 6.45) is 4.09. The Morgan fingerprint density at radius 3 is 2.71 bits per heavy atom. The molecule has 1 N–H and O–H groups in total. The molecule has 190 valence electrons. The first-order valence-corrected chi connectivity index (χ1v) is 13.6. The van der Waals surface area contributed by atoms with E-state index < -0.39 is 16.1 Å². The number of hydrogen-bond donors (Lipinski definition) is 1. The van der Waals surface area contributed by atoms with Crippen molar-refractivity contribution in [2.24, 2.45) is 11.8 Å². The molecule has 1 aromatic heterocycles. The van der Waals surface area contributed by atoms with Crippen LogP contribution in [0.3, 0.4) is 0 Å². The van der Waals surface area contributed by atoms with Gasteiger partial charge in [-0.15, -0.1) is 0 Å². The molecular weight excluding hydrogens is 462 g/mol. The molecule has 0 saturated heterocycles. The quantitative estimate of drug-likeness (QED) is 0.588. The van der Waals surface area contributed by atoms with E-state index in [4.69, 9.17) is 4.74 Å². The van der Waals surface area contributed by atoms with E-state index in [-0.39, 0.29) is 30.1 Å². The smallest absolute Gasteiger partial charge is 0.247 e. The van der Waals surface area contributed by atoms with Crippen molar-refractivity contribution < 1.29 is 18.3 Å². The molecule has 8 heteroatoms. The van der Waals surface area contributed by atoms with Crippen molar-refractivity contribution in [3.8, 4) is 17.6 Å². The minimum absolute atomic E-state index is 0.110. The Hall–Kier alpha value is -2.44. The van der Waals surface area contributed by atoms with Crippen LogP contribution >= 0.6 is 0 Å². The zero-order chi connectivity index (χ0) is 25.6. The molecule has 1 aromatic carbocycles. The molecule has 2 aromatic rings. The van der Waals surface area contributed by atoms with Gasteiger partial charge in [0.2, 0.25) is 10.0 Å². The van der Waals surface area contributed by atoms with Gasteiger partial charge >= 0.3 is 0 Å². The van der Waals surface area contributed by atoms with E-state index in [0.717, 1.165) is 17.5 Å². The second kappa shape index (κ2) is 12.0. The number of nitrogens with zero attached hydrogens (tertiary/aromatic N) is 3. The van der Waals surface area contributed by atoms with E-state index in [2.05, 4.69) is 35.6 Å². The summed E-state index contributed by atoms with van der Waals surface area (Å²) in [6, 6.07) is 8.42. The van der Waals surface area contributed by atoms with Crippen LogP contribution < -0.4 is 4.74 Å². The number of sulfonamides is 1. The number of fused-ring (bicyclic) bond motifs is 1. The van der Waals surface area contributed by atoms with Crippen molar-refractivity contribution in [1.82, 2.24) is 14.2 Å². The van der Waals surface area contributed by atoms with Gasteiger partial charge in [-0.2, -0.15) is 4.31 Å². The summed E-state index contributed by atoms with van der Waals surface area (Å²) in [7, 11) is -1.84. The van der Waals surface area contributed by atoms with Crippen molar-refractivity contribution in [3.63, 3.8) is 0 Å². The van der Waals surface area contributed by atoms with Crippen molar-refractivity contribution in [1.29, 1.82) is 0 Å². The normalized spacial score (nSPS) is 20.8. The molecule has 3 atom stereocenters. The number of hydrogen-bond acceptors (Lipinski definition) is 6. The van der Waals surface area contributed by atoms with E-state index >= 15 is 0 Å². The molecule has 2 heterocycles. The largest absolute Gasteiger partial charge is 0.487 e. The third-order valence-corrected chi connectivity index (χ3v) is 8.10. The summed E-state index contributed by atoms with van der Waals surface area (Å²) in [5.41, 5.74) is 1.81. The second-order valence-corrected chi connectivity index (χ2v) is 11.7. The Balaban J connectivity index is 1.97. The fourth-order valence-corrected chi connectivity index (χ4v) is 5.88. The number of aromatic nitrogens is 1. The number of aliphatic hydroxyl groups excluding tert-OH is 1. The number of aliphatic hydroxyl groups is 1. The molecule has 3 rings (SSSR count). The average molecular weight is 500 g/mol. The third-order valence-electron chi connectivity index (χ3n) is 6.08. The summed E-state index contributed by atoms with van der Waals surface area (Å²) in [5.74, 6) is 6.95. The van der Waals surface area contributed by atoms with Crippen molar-refractivity contribution >= 4 is 10.0 Å². The number of benzene rings is 1. The fraction of sp³-hybridized carbons (Fsp3) is 0.519. The molecular formula is C27H37N3O4S. The topological polar surface area (TPSA) is 83.0 Å². The maximum absolute atomic E-state index is 13.6. The van der Waals surface area contributed by atoms with Crippen LogP contribution in [0, 0.1) is 23.7 Å². The van der Waals surface area contributed by atoms with E-state index in [1.54, 1.807) is 31.3 Å². The predicted octanol–water partition coefficient (Wildman–Crippen LogP) is 3.38. The minimum atomic E-state index is -3.86. The highest BCUT2D eigenvalue weighted by atomic mass is 32.2. The van der Waals surface area contributed by atoms with Crippen LogP contribution in [-0.4, -0.2) is 66.6 Å². The Bertz CT molecular complexity index is 1140. The van der Waals surface area contributed by atoms with E-state index in [1.807, 2.05) is 32.3 Å². The third kappa shape index (κ3) is 7.05. The van der Waals surface area contributed by atoms with Gasteiger partial charge in [0.25, 0.3) is 0 Å². The number of likely N-dealkylation sites (N-methyl/N-ethyl adjacent to an activating group) is 1. The summed E-state index contributed by atoms with van der Waals surface area (Å²) < 4.78 is 35.0. The molecule has 35 heavy (non-hydrogen) atoms. The molecule has 0 amide bonds. The lowest BCUT2D eigenvalue weighted by Gasteiger charge is -2.37. The monoisotopic (exact) mass is 499 g/mol. The first kappa shape index (κ1) is 27.2. The maximum atomic E-state index is 13.6. The van der Waals surface area contributed by atoms with Gasteiger partial charge in [-0.3, -0.25) is 9.88 Å². The molecule has 0 spiro atoms. The van der Waals surface area contributed by atoms with Crippen molar-refractivity contribution in [2.75, 3.05) is 26.7 Å². The lowest BCUT2D eigenvalue weighted by Crippen LogP contribution is -2.49. The zero-order valence-corrected chi connectivity index (χ0v) is 22.1. The second-order valence-electron chi connectivity index (χ2n) is 9.86. The van der Waals surface area contributed by atoms with Crippen molar-refractivity contribution in [3.05, 3.63) is 53.9 Å². The van der Waals surface area contributed by atoms with Gasteiger partial charge in [-0.1, -0.05) is 38.7 Å². The summed E-state index contributed by atoms with van der Waals surface area (Å²) in [5, 5.41) is 9.81. The molecule has 1 aliphatic heterocycles. The lowest BCUT2D eigenvalue weighted by molar-refractivity contribution is 0.0733. The number of ether oxygens (including phenoxy) is 1. The van der Waals surface area contributed by atoms with Crippen LogP contribution in [0.2, 0.25) is 0 Å². The zero-order valence-electron chi connectivity index (χ0n) is 21.3.